The fraction of sp³-hybridized carbons (Fsp3) is 0.524. The van der Waals surface area contributed by atoms with E-state index in [1.807, 2.05) is 0 Å². The van der Waals surface area contributed by atoms with Gasteiger partial charge in [0.15, 0.2) is 5.82 Å². The highest BCUT2D eigenvalue weighted by molar-refractivity contribution is 5.60. The van der Waals surface area contributed by atoms with Crippen molar-refractivity contribution in [2.24, 2.45) is 0 Å². The normalized spacial score (nSPS) is 20.6. The second kappa shape index (κ2) is 8.33. The summed E-state index contributed by atoms with van der Waals surface area (Å²) in [6.45, 7) is 10.1. The summed E-state index contributed by atoms with van der Waals surface area (Å²) >= 11 is 0. The highest BCUT2D eigenvalue weighted by Gasteiger charge is 2.19. The Balaban J connectivity index is 1.42. The molecule has 0 saturated carbocycles. The van der Waals surface area contributed by atoms with Crippen LogP contribution in [0.1, 0.15) is 18.5 Å². The molecule has 1 unspecified atom stereocenters. The van der Waals surface area contributed by atoms with Crippen molar-refractivity contribution in [2.75, 3.05) is 64.4 Å². The minimum atomic E-state index is 0.411. The van der Waals surface area contributed by atoms with E-state index >= 15 is 0 Å². The molecule has 2 aromatic rings. The number of morpholine rings is 1. The quantitative estimate of drug-likeness (QED) is 0.826. The van der Waals surface area contributed by atoms with Crippen molar-refractivity contribution in [1.82, 2.24) is 20.0 Å². The maximum absolute atomic E-state index is 5.46. The Morgan fingerprint density at radius 3 is 2.19 bits per heavy atom. The van der Waals surface area contributed by atoms with Crippen molar-refractivity contribution in [1.29, 1.82) is 0 Å². The summed E-state index contributed by atoms with van der Waals surface area (Å²) in [6, 6.07) is 13.3. The Morgan fingerprint density at radius 1 is 0.852 bits per heavy atom. The summed E-state index contributed by atoms with van der Waals surface area (Å²) in [5, 5.41) is 8.95. The summed E-state index contributed by atoms with van der Waals surface area (Å²) < 4.78 is 5.46. The standard InChI is InChI=1S/C21H29N5O/c1-17(25-13-15-27-16-14-25)18-3-5-19(6-4-18)20-7-8-21(23-22-20)26-11-9-24(2)10-12-26/h3-8,17H,9-16H2,1-2H3. The smallest absolute Gasteiger partial charge is 0.151 e. The Labute approximate surface area is 161 Å². The van der Waals surface area contributed by atoms with Gasteiger partial charge in [0, 0.05) is 50.9 Å². The van der Waals surface area contributed by atoms with Crippen LogP contribution in [0.15, 0.2) is 36.4 Å². The van der Waals surface area contributed by atoms with Gasteiger partial charge in [0.05, 0.1) is 18.9 Å². The highest BCUT2D eigenvalue weighted by atomic mass is 16.5. The number of nitrogens with zero attached hydrogens (tertiary/aromatic N) is 5. The van der Waals surface area contributed by atoms with Gasteiger partial charge in [0.1, 0.15) is 0 Å². The van der Waals surface area contributed by atoms with Crippen LogP contribution in [0.25, 0.3) is 11.3 Å². The maximum atomic E-state index is 5.46. The Hall–Kier alpha value is -2.02. The van der Waals surface area contributed by atoms with Crippen LogP contribution in [0.3, 0.4) is 0 Å². The zero-order valence-corrected chi connectivity index (χ0v) is 16.3. The number of benzene rings is 1. The predicted octanol–water partition coefficient (Wildman–Crippen LogP) is 2.29. The van der Waals surface area contributed by atoms with E-state index in [4.69, 9.17) is 4.74 Å². The summed E-state index contributed by atoms with van der Waals surface area (Å²) in [6.07, 6.45) is 0. The van der Waals surface area contributed by atoms with Gasteiger partial charge in [-0.2, -0.15) is 0 Å². The molecule has 6 nitrogen and oxygen atoms in total. The van der Waals surface area contributed by atoms with Crippen molar-refractivity contribution < 1.29 is 4.74 Å². The van der Waals surface area contributed by atoms with Crippen LogP contribution >= 0.6 is 0 Å². The molecule has 0 aliphatic carbocycles. The first-order chi connectivity index (χ1) is 13.2. The molecule has 1 aromatic carbocycles. The molecule has 0 bridgehead atoms. The van der Waals surface area contributed by atoms with E-state index in [0.29, 0.717) is 6.04 Å². The lowest BCUT2D eigenvalue weighted by molar-refractivity contribution is 0.0198. The molecular formula is C21H29N5O. The second-order valence-electron chi connectivity index (χ2n) is 7.51. The van der Waals surface area contributed by atoms with E-state index in [-0.39, 0.29) is 0 Å². The van der Waals surface area contributed by atoms with Crippen LogP contribution in [-0.2, 0) is 4.74 Å². The van der Waals surface area contributed by atoms with Crippen LogP contribution in [0.5, 0.6) is 0 Å². The molecule has 144 valence electrons. The average Bonchev–Trinajstić information content (AvgIpc) is 2.75. The first-order valence-corrected chi connectivity index (χ1v) is 9.90. The fourth-order valence-corrected chi connectivity index (χ4v) is 3.79. The fourth-order valence-electron chi connectivity index (χ4n) is 3.79. The number of hydrogen-bond acceptors (Lipinski definition) is 6. The van der Waals surface area contributed by atoms with Crippen LogP contribution < -0.4 is 4.90 Å². The third kappa shape index (κ3) is 4.29. The number of anilines is 1. The molecule has 0 spiro atoms. The van der Waals surface area contributed by atoms with Crippen molar-refractivity contribution >= 4 is 5.82 Å². The maximum Gasteiger partial charge on any atom is 0.151 e. The molecule has 4 rings (SSSR count). The summed E-state index contributed by atoms with van der Waals surface area (Å²) in [5.74, 6) is 0.976. The minimum Gasteiger partial charge on any atom is -0.379 e. The Morgan fingerprint density at radius 2 is 1.56 bits per heavy atom. The SMILES string of the molecule is CC(c1ccc(-c2ccc(N3CCN(C)CC3)nn2)cc1)N1CCOCC1. The Bertz CT molecular complexity index is 719. The molecule has 0 radical (unpaired) electrons. The molecule has 3 heterocycles. The monoisotopic (exact) mass is 367 g/mol. The first-order valence-electron chi connectivity index (χ1n) is 9.90. The van der Waals surface area contributed by atoms with Gasteiger partial charge in [-0.1, -0.05) is 24.3 Å². The summed E-state index contributed by atoms with van der Waals surface area (Å²) in [7, 11) is 2.16. The van der Waals surface area contributed by atoms with Gasteiger partial charge in [0.2, 0.25) is 0 Å². The largest absolute Gasteiger partial charge is 0.379 e. The van der Waals surface area contributed by atoms with E-state index in [0.717, 1.165) is 69.6 Å². The van der Waals surface area contributed by atoms with Crippen molar-refractivity contribution in [3.05, 3.63) is 42.0 Å². The topological polar surface area (TPSA) is 44.7 Å². The van der Waals surface area contributed by atoms with E-state index < -0.39 is 0 Å². The van der Waals surface area contributed by atoms with Gasteiger partial charge in [-0.3, -0.25) is 4.90 Å². The molecule has 27 heavy (non-hydrogen) atoms. The molecule has 2 saturated heterocycles. The van der Waals surface area contributed by atoms with E-state index in [1.54, 1.807) is 0 Å². The van der Waals surface area contributed by atoms with E-state index in [2.05, 4.69) is 75.3 Å². The molecular weight excluding hydrogens is 338 g/mol. The third-order valence-electron chi connectivity index (χ3n) is 5.76. The van der Waals surface area contributed by atoms with E-state index in [9.17, 15) is 0 Å². The number of ether oxygens (including phenoxy) is 1. The molecule has 0 amide bonds. The van der Waals surface area contributed by atoms with Crippen LogP contribution in [0.2, 0.25) is 0 Å². The molecule has 2 aliphatic heterocycles. The number of hydrogen-bond donors (Lipinski definition) is 0. The third-order valence-corrected chi connectivity index (χ3v) is 5.76. The molecule has 2 aliphatic rings. The number of aromatic nitrogens is 2. The van der Waals surface area contributed by atoms with Crippen molar-refractivity contribution in [3.63, 3.8) is 0 Å². The van der Waals surface area contributed by atoms with Crippen LogP contribution in [0, 0.1) is 0 Å². The second-order valence-corrected chi connectivity index (χ2v) is 7.51. The predicted molar refractivity (Wildman–Crippen MR) is 108 cm³/mol. The van der Waals surface area contributed by atoms with Crippen molar-refractivity contribution in [2.45, 2.75) is 13.0 Å². The molecule has 1 aromatic heterocycles. The molecule has 2 fully saturated rings. The van der Waals surface area contributed by atoms with Gasteiger partial charge in [0.25, 0.3) is 0 Å². The van der Waals surface area contributed by atoms with Gasteiger partial charge >= 0.3 is 0 Å². The number of likely N-dealkylation sites (N-methyl/N-ethyl adjacent to an activating group) is 1. The van der Waals surface area contributed by atoms with Crippen molar-refractivity contribution in [3.8, 4) is 11.3 Å². The minimum absolute atomic E-state index is 0.411. The highest BCUT2D eigenvalue weighted by Crippen LogP contribution is 2.25. The number of rotatable bonds is 4. The lowest BCUT2D eigenvalue weighted by Gasteiger charge is -2.33. The summed E-state index contributed by atoms with van der Waals surface area (Å²) in [4.78, 5) is 7.13. The molecule has 1 atom stereocenters. The van der Waals surface area contributed by atoms with E-state index in [1.165, 1.54) is 5.56 Å². The van der Waals surface area contributed by atoms with Crippen LogP contribution in [0.4, 0.5) is 5.82 Å². The van der Waals surface area contributed by atoms with Crippen LogP contribution in [-0.4, -0.2) is 79.5 Å². The zero-order chi connectivity index (χ0) is 18.6. The van der Waals surface area contributed by atoms with Gasteiger partial charge in [-0.15, -0.1) is 10.2 Å². The molecule has 0 N–H and O–H groups in total. The first kappa shape index (κ1) is 18.3. The Kier molecular flexibility index (Phi) is 5.66. The molecule has 6 heteroatoms. The lowest BCUT2D eigenvalue weighted by atomic mass is 10.0. The summed E-state index contributed by atoms with van der Waals surface area (Å²) in [5.41, 5.74) is 3.38. The number of piperazine rings is 1. The van der Waals surface area contributed by atoms with Gasteiger partial charge in [-0.05, 0) is 31.7 Å². The average molecular weight is 367 g/mol. The lowest BCUT2D eigenvalue weighted by Crippen LogP contribution is -2.44. The van der Waals surface area contributed by atoms with Gasteiger partial charge in [-0.25, -0.2) is 0 Å². The zero-order valence-electron chi connectivity index (χ0n) is 16.3. The van der Waals surface area contributed by atoms with Gasteiger partial charge < -0.3 is 14.5 Å².